The van der Waals surface area contributed by atoms with Crippen LogP contribution in [0.15, 0.2) is 28.8 Å². The summed E-state index contributed by atoms with van der Waals surface area (Å²) in [5.74, 6) is 0.478. The maximum Gasteiger partial charge on any atom is 0.416 e. The molecule has 2 saturated heterocycles. The average Bonchev–Trinajstić information content (AvgIpc) is 3.29. The molecule has 2 aromatic rings. The number of nitrogens with zero attached hydrogens (tertiary/aromatic N) is 5. The van der Waals surface area contributed by atoms with Crippen molar-refractivity contribution in [1.82, 2.24) is 19.9 Å². The number of morpholine rings is 1. The van der Waals surface area contributed by atoms with Gasteiger partial charge in [-0.3, -0.25) is 0 Å². The van der Waals surface area contributed by atoms with Gasteiger partial charge in [0.05, 0.1) is 24.7 Å². The highest BCUT2D eigenvalue weighted by Gasteiger charge is 2.37. The monoisotopic (exact) mass is 453 g/mol. The topological polar surface area (TPSA) is 74.9 Å². The zero-order chi connectivity index (χ0) is 22.9. The molecule has 0 bridgehead atoms. The maximum absolute atomic E-state index is 13.2. The van der Waals surface area contributed by atoms with Crippen molar-refractivity contribution in [3.05, 3.63) is 41.3 Å². The molecule has 3 heterocycles. The van der Waals surface area contributed by atoms with Crippen LogP contribution in [0.1, 0.15) is 35.3 Å². The first-order valence-corrected chi connectivity index (χ1v) is 10.5. The van der Waals surface area contributed by atoms with Gasteiger partial charge >= 0.3 is 12.2 Å². The number of amides is 2. The lowest BCUT2D eigenvalue weighted by Crippen LogP contribution is -2.52. The molecule has 2 aliphatic heterocycles. The first-order chi connectivity index (χ1) is 15.2. The van der Waals surface area contributed by atoms with Crippen molar-refractivity contribution in [1.29, 1.82) is 0 Å². The van der Waals surface area contributed by atoms with E-state index in [9.17, 15) is 18.0 Å². The SMILES string of the molecule is CN(C)c1noc(C2CC(c3ccc(C(F)(F)F)cc3)CN(C(=O)N3CCOCC3)C2)n1. The van der Waals surface area contributed by atoms with Crippen molar-refractivity contribution in [3.63, 3.8) is 0 Å². The van der Waals surface area contributed by atoms with Gasteiger partial charge in [0.2, 0.25) is 5.89 Å². The Kier molecular flexibility index (Phi) is 6.27. The molecule has 2 amide bonds. The highest BCUT2D eigenvalue weighted by molar-refractivity contribution is 5.75. The van der Waals surface area contributed by atoms with Gasteiger partial charge in [0, 0.05) is 46.2 Å². The normalized spacial score (nSPS) is 22.2. The fraction of sp³-hybridized carbons (Fsp3) is 0.571. The van der Waals surface area contributed by atoms with E-state index in [0.717, 1.165) is 17.7 Å². The number of alkyl halides is 3. The largest absolute Gasteiger partial charge is 0.416 e. The number of halogens is 3. The lowest BCUT2D eigenvalue weighted by molar-refractivity contribution is -0.137. The second-order valence-electron chi connectivity index (χ2n) is 8.36. The summed E-state index contributed by atoms with van der Waals surface area (Å²) in [6.45, 7) is 2.81. The van der Waals surface area contributed by atoms with Crippen molar-refractivity contribution in [2.75, 3.05) is 58.4 Å². The first-order valence-electron chi connectivity index (χ1n) is 10.5. The highest BCUT2D eigenvalue weighted by atomic mass is 19.4. The van der Waals surface area contributed by atoms with Gasteiger partial charge < -0.3 is 24.0 Å². The molecule has 11 heteroatoms. The summed E-state index contributed by atoms with van der Waals surface area (Å²) >= 11 is 0. The lowest BCUT2D eigenvalue weighted by atomic mass is 9.84. The molecule has 2 fully saturated rings. The number of rotatable bonds is 3. The summed E-state index contributed by atoms with van der Waals surface area (Å²) in [6.07, 6.45) is -3.80. The van der Waals surface area contributed by atoms with E-state index in [1.165, 1.54) is 12.1 Å². The van der Waals surface area contributed by atoms with Crippen LogP contribution in [-0.2, 0) is 10.9 Å². The second kappa shape index (κ2) is 8.97. The number of urea groups is 1. The van der Waals surface area contributed by atoms with E-state index in [4.69, 9.17) is 9.26 Å². The van der Waals surface area contributed by atoms with Crippen LogP contribution in [0.3, 0.4) is 0 Å². The number of anilines is 1. The van der Waals surface area contributed by atoms with Crippen LogP contribution in [0.2, 0.25) is 0 Å². The Morgan fingerprint density at radius 1 is 1.06 bits per heavy atom. The Balaban J connectivity index is 1.59. The predicted octanol–water partition coefficient (Wildman–Crippen LogP) is 3.18. The molecule has 0 saturated carbocycles. The van der Waals surface area contributed by atoms with E-state index in [1.807, 2.05) is 0 Å². The Morgan fingerprint density at radius 2 is 1.72 bits per heavy atom. The molecule has 4 rings (SSSR count). The number of hydrogen-bond acceptors (Lipinski definition) is 6. The summed E-state index contributed by atoms with van der Waals surface area (Å²) in [5, 5.41) is 3.97. The molecule has 2 unspecified atom stereocenters. The average molecular weight is 453 g/mol. The summed E-state index contributed by atoms with van der Waals surface area (Å²) in [6, 6.07) is 5.05. The number of aromatic nitrogens is 2. The molecular formula is C21H26F3N5O3. The molecule has 0 aliphatic carbocycles. The van der Waals surface area contributed by atoms with Gasteiger partial charge in [-0.05, 0) is 29.3 Å². The number of piperidine rings is 1. The molecular weight excluding hydrogens is 427 g/mol. The standard InChI is InChI=1S/C21H26F3N5O3/c1-27(2)19-25-18(32-26-19)16-11-15(14-3-5-17(6-4-14)21(22,23)24)12-29(13-16)20(30)28-7-9-31-10-8-28/h3-6,15-16H,7-13H2,1-2H3. The smallest absolute Gasteiger partial charge is 0.378 e. The zero-order valence-corrected chi connectivity index (χ0v) is 18.0. The van der Waals surface area contributed by atoms with Gasteiger partial charge in [-0.25, -0.2) is 4.79 Å². The molecule has 32 heavy (non-hydrogen) atoms. The van der Waals surface area contributed by atoms with Gasteiger partial charge in [-0.15, -0.1) is 0 Å². The summed E-state index contributed by atoms with van der Waals surface area (Å²) in [5.41, 5.74) is 0.0530. The van der Waals surface area contributed by atoms with Crippen molar-refractivity contribution in [2.24, 2.45) is 0 Å². The fourth-order valence-electron chi connectivity index (χ4n) is 4.15. The Bertz CT molecular complexity index is 926. The number of carbonyl (C=O) groups excluding carboxylic acids is 1. The van der Waals surface area contributed by atoms with Gasteiger partial charge in [-0.2, -0.15) is 18.2 Å². The molecule has 2 aliphatic rings. The quantitative estimate of drug-likeness (QED) is 0.711. The second-order valence-corrected chi connectivity index (χ2v) is 8.36. The number of hydrogen-bond donors (Lipinski definition) is 0. The molecule has 0 N–H and O–H groups in total. The first kappa shape index (κ1) is 22.4. The van der Waals surface area contributed by atoms with Crippen LogP contribution in [0.4, 0.5) is 23.9 Å². The molecule has 1 aromatic heterocycles. The molecule has 2 atom stereocenters. The van der Waals surface area contributed by atoms with Crippen LogP contribution < -0.4 is 4.90 Å². The van der Waals surface area contributed by atoms with Gasteiger partial charge in [-0.1, -0.05) is 12.1 Å². The van der Waals surface area contributed by atoms with Crippen LogP contribution in [0.25, 0.3) is 0 Å². The summed E-state index contributed by atoms with van der Waals surface area (Å²) in [7, 11) is 3.60. The molecule has 174 valence electrons. The van der Waals surface area contributed by atoms with Crippen LogP contribution in [0, 0.1) is 0 Å². The van der Waals surface area contributed by atoms with Crippen molar-refractivity contribution in [2.45, 2.75) is 24.4 Å². The summed E-state index contributed by atoms with van der Waals surface area (Å²) in [4.78, 5) is 22.8. The Morgan fingerprint density at radius 3 is 2.31 bits per heavy atom. The van der Waals surface area contributed by atoms with E-state index in [-0.39, 0.29) is 17.9 Å². The molecule has 0 radical (unpaired) electrons. The predicted molar refractivity (Wildman–Crippen MR) is 110 cm³/mol. The van der Waals surface area contributed by atoms with Crippen molar-refractivity contribution >= 4 is 12.0 Å². The fourth-order valence-corrected chi connectivity index (χ4v) is 4.15. The maximum atomic E-state index is 13.2. The Labute approximate surface area is 183 Å². The van der Waals surface area contributed by atoms with Gasteiger partial charge in [0.25, 0.3) is 5.95 Å². The van der Waals surface area contributed by atoms with Crippen LogP contribution in [-0.4, -0.2) is 79.5 Å². The van der Waals surface area contributed by atoms with Gasteiger partial charge in [0.1, 0.15) is 0 Å². The van der Waals surface area contributed by atoms with Crippen molar-refractivity contribution in [3.8, 4) is 0 Å². The van der Waals surface area contributed by atoms with Crippen molar-refractivity contribution < 1.29 is 27.2 Å². The minimum Gasteiger partial charge on any atom is -0.378 e. The highest BCUT2D eigenvalue weighted by Crippen LogP contribution is 2.37. The third-order valence-corrected chi connectivity index (χ3v) is 5.89. The number of ether oxygens (including phenoxy) is 1. The van der Waals surface area contributed by atoms with E-state index in [2.05, 4.69) is 10.1 Å². The van der Waals surface area contributed by atoms with Gasteiger partial charge in [0.15, 0.2) is 0 Å². The minimum atomic E-state index is -4.39. The number of carbonyl (C=O) groups is 1. The third-order valence-electron chi connectivity index (χ3n) is 5.89. The van der Waals surface area contributed by atoms with E-state index in [0.29, 0.717) is 57.7 Å². The molecule has 8 nitrogen and oxygen atoms in total. The van der Waals surface area contributed by atoms with E-state index >= 15 is 0 Å². The molecule has 0 spiro atoms. The number of benzene rings is 1. The minimum absolute atomic E-state index is 0.109. The lowest BCUT2D eigenvalue weighted by Gasteiger charge is -2.40. The molecule has 1 aromatic carbocycles. The number of likely N-dealkylation sites (tertiary alicyclic amines) is 1. The summed E-state index contributed by atoms with van der Waals surface area (Å²) < 4.78 is 49.8. The third kappa shape index (κ3) is 4.82. The van der Waals surface area contributed by atoms with E-state index < -0.39 is 11.7 Å². The van der Waals surface area contributed by atoms with E-state index in [1.54, 1.807) is 28.8 Å². The Hall–Kier alpha value is -2.82. The van der Waals surface area contributed by atoms with Crippen LogP contribution in [0.5, 0.6) is 0 Å². The zero-order valence-electron chi connectivity index (χ0n) is 18.0. The van der Waals surface area contributed by atoms with Crippen LogP contribution >= 0.6 is 0 Å².